The third kappa shape index (κ3) is 3.08. The Morgan fingerprint density at radius 1 is 1.16 bits per heavy atom. The maximum Gasteiger partial charge on any atom is 0.242 e. The van der Waals surface area contributed by atoms with E-state index in [0.29, 0.717) is 4.90 Å². The van der Waals surface area contributed by atoms with Gasteiger partial charge in [0.25, 0.3) is 0 Å². The lowest BCUT2D eigenvalue weighted by Crippen LogP contribution is -2.35. The van der Waals surface area contributed by atoms with Crippen LogP contribution in [0.4, 0.5) is 5.69 Å². The van der Waals surface area contributed by atoms with Gasteiger partial charge in [0.2, 0.25) is 10.0 Å². The van der Waals surface area contributed by atoms with Crippen molar-refractivity contribution in [2.45, 2.75) is 23.8 Å². The first-order chi connectivity index (χ1) is 8.91. The molecule has 1 N–H and O–H groups in total. The second-order valence-electron chi connectivity index (χ2n) is 5.00. The van der Waals surface area contributed by atoms with Crippen molar-refractivity contribution in [3.05, 3.63) is 24.3 Å². The number of anilines is 1. The second kappa shape index (κ2) is 5.48. The number of nitrogens with zero attached hydrogens (tertiary/aromatic N) is 2. The summed E-state index contributed by atoms with van der Waals surface area (Å²) in [5.41, 5.74) is 1.00. The highest BCUT2D eigenvalue weighted by atomic mass is 32.2. The van der Waals surface area contributed by atoms with E-state index >= 15 is 0 Å². The topological polar surface area (TPSA) is 60.9 Å². The van der Waals surface area contributed by atoms with Crippen LogP contribution in [0.3, 0.4) is 0 Å². The summed E-state index contributed by atoms with van der Waals surface area (Å²) in [6.07, 6.45) is 1.32. The zero-order chi connectivity index (χ0) is 14.0. The molecule has 2 rings (SSSR count). The predicted octanol–water partition coefficient (Wildman–Crippen LogP) is 0.898. The van der Waals surface area contributed by atoms with Crippen molar-refractivity contribution in [3.63, 3.8) is 0 Å². The molecule has 0 spiro atoms. The van der Waals surface area contributed by atoms with Crippen LogP contribution in [0.5, 0.6) is 0 Å². The lowest BCUT2D eigenvalue weighted by atomic mass is 10.1. The summed E-state index contributed by atoms with van der Waals surface area (Å²) < 4.78 is 25.1. The fourth-order valence-corrected chi connectivity index (χ4v) is 3.07. The average Bonchev–Trinajstić information content (AvgIpc) is 2.39. The Morgan fingerprint density at radius 2 is 1.68 bits per heavy atom. The van der Waals surface area contributed by atoms with Gasteiger partial charge < -0.3 is 10.0 Å². The van der Waals surface area contributed by atoms with Crippen LogP contribution in [0.1, 0.15) is 12.8 Å². The van der Waals surface area contributed by atoms with Crippen LogP contribution in [0.2, 0.25) is 0 Å². The minimum absolute atomic E-state index is 0.204. The van der Waals surface area contributed by atoms with Crippen LogP contribution in [0, 0.1) is 0 Å². The molecule has 0 saturated carbocycles. The number of piperidine rings is 1. The van der Waals surface area contributed by atoms with Gasteiger partial charge in [-0.2, -0.15) is 0 Å². The number of aliphatic hydroxyl groups excluding tert-OH is 1. The van der Waals surface area contributed by atoms with Gasteiger partial charge in [0.1, 0.15) is 0 Å². The van der Waals surface area contributed by atoms with Gasteiger partial charge in [-0.3, -0.25) is 0 Å². The highest BCUT2D eigenvalue weighted by Crippen LogP contribution is 2.22. The molecule has 0 aromatic heterocycles. The molecule has 1 aliphatic heterocycles. The standard InChI is InChI=1S/C13H20N2O3S/c1-14(2)19(17,18)13-5-3-11(4-6-13)15-9-7-12(16)8-10-15/h3-6,12,16H,7-10H2,1-2H3. The molecule has 1 aromatic rings. The van der Waals surface area contributed by atoms with Crippen LogP contribution in [0.15, 0.2) is 29.2 Å². The number of aliphatic hydroxyl groups is 1. The zero-order valence-electron chi connectivity index (χ0n) is 11.3. The van der Waals surface area contributed by atoms with E-state index in [-0.39, 0.29) is 6.10 Å². The van der Waals surface area contributed by atoms with Gasteiger partial charge in [0.05, 0.1) is 11.0 Å². The molecule has 1 aromatic carbocycles. The molecular formula is C13H20N2O3S. The SMILES string of the molecule is CN(C)S(=O)(=O)c1ccc(N2CCC(O)CC2)cc1. The van der Waals surface area contributed by atoms with Crippen LogP contribution in [-0.2, 0) is 10.0 Å². The Balaban J connectivity index is 2.15. The molecule has 5 nitrogen and oxygen atoms in total. The molecule has 0 bridgehead atoms. The van der Waals surface area contributed by atoms with Gasteiger partial charge in [0, 0.05) is 32.9 Å². The number of rotatable bonds is 3. The van der Waals surface area contributed by atoms with E-state index < -0.39 is 10.0 Å². The summed E-state index contributed by atoms with van der Waals surface area (Å²) in [7, 11) is -0.312. The normalized spacial score (nSPS) is 18.0. The first-order valence-corrected chi connectivity index (χ1v) is 7.81. The lowest BCUT2D eigenvalue weighted by Gasteiger charge is -2.31. The Labute approximate surface area is 114 Å². The van der Waals surface area contributed by atoms with E-state index in [1.807, 2.05) is 12.1 Å². The van der Waals surface area contributed by atoms with Gasteiger partial charge in [-0.05, 0) is 37.1 Å². The summed E-state index contributed by atoms with van der Waals surface area (Å²) in [4.78, 5) is 2.47. The predicted molar refractivity (Wildman–Crippen MR) is 74.8 cm³/mol. The Hall–Kier alpha value is -1.11. The lowest BCUT2D eigenvalue weighted by molar-refractivity contribution is 0.145. The van der Waals surface area contributed by atoms with Crippen LogP contribution >= 0.6 is 0 Å². The highest BCUT2D eigenvalue weighted by Gasteiger charge is 2.19. The molecular weight excluding hydrogens is 264 g/mol. The third-order valence-electron chi connectivity index (χ3n) is 3.44. The summed E-state index contributed by atoms with van der Waals surface area (Å²) in [5, 5.41) is 9.47. The van der Waals surface area contributed by atoms with Crippen molar-refractivity contribution in [3.8, 4) is 0 Å². The minimum Gasteiger partial charge on any atom is -0.393 e. The van der Waals surface area contributed by atoms with Crippen molar-refractivity contribution in [2.75, 3.05) is 32.1 Å². The van der Waals surface area contributed by atoms with E-state index in [4.69, 9.17) is 0 Å². The van der Waals surface area contributed by atoms with E-state index in [0.717, 1.165) is 31.6 Å². The number of benzene rings is 1. The van der Waals surface area contributed by atoms with Crippen molar-refractivity contribution in [2.24, 2.45) is 0 Å². The number of sulfonamides is 1. The monoisotopic (exact) mass is 284 g/mol. The van der Waals surface area contributed by atoms with Gasteiger partial charge in [0.15, 0.2) is 0 Å². The molecule has 0 amide bonds. The van der Waals surface area contributed by atoms with Crippen LogP contribution < -0.4 is 4.90 Å². The third-order valence-corrected chi connectivity index (χ3v) is 5.27. The molecule has 0 unspecified atom stereocenters. The van der Waals surface area contributed by atoms with Crippen LogP contribution in [-0.4, -0.2) is 51.1 Å². The number of hydrogen-bond acceptors (Lipinski definition) is 4. The van der Waals surface area contributed by atoms with Crippen molar-refractivity contribution in [1.29, 1.82) is 0 Å². The maximum atomic E-state index is 11.9. The number of hydrogen-bond donors (Lipinski definition) is 1. The zero-order valence-corrected chi connectivity index (χ0v) is 12.1. The average molecular weight is 284 g/mol. The molecule has 19 heavy (non-hydrogen) atoms. The minimum atomic E-state index is -3.36. The van der Waals surface area contributed by atoms with Crippen molar-refractivity contribution in [1.82, 2.24) is 4.31 Å². The summed E-state index contributed by atoms with van der Waals surface area (Å²) in [6, 6.07) is 6.92. The molecule has 6 heteroatoms. The molecule has 1 saturated heterocycles. The van der Waals surface area contributed by atoms with E-state index in [1.54, 1.807) is 12.1 Å². The Kier molecular flexibility index (Phi) is 4.13. The van der Waals surface area contributed by atoms with Gasteiger partial charge in [-0.25, -0.2) is 12.7 Å². The molecule has 0 atom stereocenters. The first-order valence-electron chi connectivity index (χ1n) is 6.37. The van der Waals surface area contributed by atoms with Gasteiger partial charge in [-0.15, -0.1) is 0 Å². The van der Waals surface area contributed by atoms with E-state index in [9.17, 15) is 13.5 Å². The van der Waals surface area contributed by atoms with E-state index in [1.165, 1.54) is 18.4 Å². The quantitative estimate of drug-likeness (QED) is 0.896. The molecule has 1 heterocycles. The summed E-state index contributed by atoms with van der Waals surface area (Å²) in [5.74, 6) is 0. The summed E-state index contributed by atoms with van der Waals surface area (Å²) >= 11 is 0. The second-order valence-corrected chi connectivity index (χ2v) is 7.15. The molecule has 0 radical (unpaired) electrons. The fourth-order valence-electron chi connectivity index (χ4n) is 2.16. The smallest absolute Gasteiger partial charge is 0.242 e. The van der Waals surface area contributed by atoms with Crippen molar-refractivity contribution >= 4 is 15.7 Å². The van der Waals surface area contributed by atoms with E-state index in [2.05, 4.69) is 4.90 Å². The Morgan fingerprint density at radius 3 is 2.16 bits per heavy atom. The van der Waals surface area contributed by atoms with Crippen LogP contribution in [0.25, 0.3) is 0 Å². The highest BCUT2D eigenvalue weighted by molar-refractivity contribution is 7.89. The first kappa shape index (κ1) is 14.3. The molecule has 1 fully saturated rings. The fraction of sp³-hybridized carbons (Fsp3) is 0.538. The Bertz CT molecular complexity index is 517. The molecule has 0 aliphatic carbocycles. The maximum absolute atomic E-state index is 11.9. The largest absolute Gasteiger partial charge is 0.393 e. The molecule has 106 valence electrons. The van der Waals surface area contributed by atoms with Crippen molar-refractivity contribution < 1.29 is 13.5 Å². The summed E-state index contributed by atoms with van der Waals surface area (Å²) in [6.45, 7) is 1.61. The molecule has 1 aliphatic rings. The van der Waals surface area contributed by atoms with Gasteiger partial charge >= 0.3 is 0 Å². The van der Waals surface area contributed by atoms with Gasteiger partial charge in [-0.1, -0.05) is 0 Å².